The van der Waals surface area contributed by atoms with E-state index >= 15 is 0 Å². The molecule has 15 heavy (non-hydrogen) atoms. The molecule has 1 aromatic rings. The van der Waals surface area contributed by atoms with Gasteiger partial charge in [0.25, 0.3) is 0 Å². The summed E-state index contributed by atoms with van der Waals surface area (Å²) >= 11 is 2.97. The van der Waals surface area contributed by atoms with Gasteiger partial charge in [-0.3, -0.25) is 4.79 Å². The molecule has 3 nitrogen and oxygen atoms in total. The number of carbonyl (C=O) groups excluding carboxylic acids is 1. The summed E-state index contributed by atoms with van der Waals surface area (Å²) in [6.45, 7) is 0. The Hall–Kier alpha value is -1.24. The van der Waals surface area contributed by atoms with Crippen molar-refractivity contribution in [2.45, 2.75) is 6.36 Å². The second-order valence-electron chi connectivity index (χ2n) is 2.55. The molecule has 0 fully saturated rings. The summed E-state index contributed by atoms with van der Waals surface area (Å²) in [4.78, 5) is 10.8. The molecule has 7 heteroatoms. The maximum absolute atomic E-state index is 11.8. The first-order valence-electron chi connectivity index (χ1n) is 3.65. The lowest BCUT2D eigenvalue weighted by Gasteiger charge is -2.09. The Morgan fingerprint density at radius 2 is 2.00 bits per heavy atom. The van der Waals surface area contributed by atoms with Gasteiger partial charge in [-0.25, -0.2) is 0 Å². The molecule has 0 unspecified atom stereocenters. The highest BCUT2D eigenvalue weighted by Gasteiger charge is 2.31. The van der Waals surface area contributed by atoms with Crippen LogP contribution in [0.5, 0.6) is 5.75 Å². The van der Waals surface area contributed by atoms with Gasteiger partial charge in [0.05, 0.1) is 5.56 Å². The van der Waals surface area contributed by atoms with Crippen LogP contribution < -0.4 is 10.5 Å². The Bertz CT molecular complexity index is 392. The van der Waals surface area contributed by atoms with Gasteiger partial charge in [-0.1, -0.05) is 0 Å². The van der Waals surface area contributed by atoms with Crippen LogP contribution in [0.3, 0.4) is 0 Å². The first-order valence-corrected chi connectivity index (χ1v) is 4.44. The molecule has 0 saturated heterocycles. The molecule has 82 valence electrons. The van der Waals surface area contributed by atoms with Crippen molar-refractivity contribution in [1.82, 2.24) is 0 Å². The number of carbonyl (C=O) groups is 1. The molecule has 1 rings (SSSR count). The fourth-order valence-electron chi connectivity index (χ4n) is 0.890. The number of rotatable bonds is 2. The lowest BCUT2D eigenvalue weighted by Crippen LogP contribution is -2.18. The van der Waals surface area contributed by atoms with Crippen molar-refractivity contribution >= 4 is 21.8 Å². The third-order valence-corrected chi connectivity index (χ3v) is 2.13. The molecule has 0 radical (unpaired) electrons. The van der Waals surface area contributed by atoms with Crippen molar-refractivity contribution in [1.29, 1.82) is 0 Å². The third kappa shape index (κ3) is 3.43. The molecule has 0 heterocycles. The van der Waals surface area contributed by atoms with Gasteiger partial charge in [-0.2, -0.15) is 0 Å². The number of amides is 1. The lowest BCUT2D eigenvalue weighted by atomic mass is 10.2. The number of hydrogen-bond donors (Lipinski definition) is 1. The van der Waals surface area contributed by atoms with Crippen LogP contribution in [0.25, 0.3) is 0 Å². The van der Waals surface area contributed by atoms with E-state index < -0.39 is 18.0 Å². The van der Waals surface area contributed by atoms with E-state index in [2.05, 4.69) is 20.7 Å². The Labute approximate surface area is 91.1 Å². The van der Waals surface area contributed by atoms with Crippen LogP contribution in [0.1, 0.15) is 10.4 Å². The normalized spacial score (nSPS) is 11.2. The van der Waals surface area contributed by atoms with E-state index in [1.165, 1.54) is 6.07 Å². The minimum Gasteiger partial charge on any atom is -0.406 e. The summed E-state index contributed by atoms with van der Waals surface area (Å²) in [6, 6.07) is 3.24. The highest BCUT2D eigenvalue weighted by Crippen LogP contribution is 2.26. The summed E-state index contributed by atoms with van der Waals surface area (Å²) in [6.07, 6.45) is -4.79. The lowest BCUT2D eigenvalue weighted by molar-refractivity contribution is -0.274. The first kappa shape index (κ1) is 11.8. The largest absolute Gasteiger partial charge is 0.573 e. The maximum Gasteiger partial charge on any atom is 0.573 e. The van der Waals surface area contributed by atoms with Crippen molar-refractivity contribution in [2.24, 2.45) is 5.73 Å². The van der Waals surface area contributed by atoms with E-state index in [4.69, 9.17) is 5.73 Å². The highest BCUT2D eigenvalue weighted by atomic mass is 79.9. The number of ether oxygens (including phenoxy) is 1. The number of primary amides is 1. The summed E-state index contributed by atoms with van der Waals surface area (Å²) < 4.78 is 39.4. The van der Waals surface area contributed by atoms with Crippen molar-refractivity contribution in [3.05, 3.63) is 28.2 Å². The molecule has 0 aliphatic heterocycles. The number of benzene rings is 1. The summed E-state index contributed by atoms with van der Waals surface area (Å²) in [7, 11) is 0. The smallest absolute Gasteiger partial charge is 0.406 e. The molecule has 1 aromatic carbocycles. The zero-order valence-electron chi connectivity index (χ0n) is 7.14. The third-order valence-electron chi connectivity index (χ3n) is 1.44. The van der Waals surface area contributed by atoms with Crippen LogP contribution in [0.2, 0.25) is 0 Å². The van der Waals surface area contributed by atoms with E-state index in [9.17, 15) is 18.0 Å². The van der Waals surface area contributed by atoms with Gasteiger partial charge in [-0.05, 0) is 34.1 Å². The van der Waals surface area contributed by atoms with Crippen LogP contribution in [0, 0.1) is 0 Å². The molecule has 2 N–H and O–H groups in total. The SMILES string of the molecule is NC(=O)c1cc(OC(F)(F)F)ccc1Br. The Balaban J connectivity index is 3.03. The number of hydrogen-bond acceptors (Lipinski definition) is 2. The minimum absolute atomic E-state index is 0.0725. The molecule has 1 amide bonds. The number of nitrogens with two attached hydrogens (primary N) is 1. The molecular formula is C8H5BrF3NO2. The Morgan fingerprint density at radius 3 is 2.47 bits per heavy atom. The van der Waals surface area contributed by atoms with Crippen LogP contribution in [0.4, 0.5) is 13.2 Å². The van der Waals surface area contributed by atoms with Crippen molar-refractivity contribution in [3.63, 3.8) is 0 Å². The second-order valence-corrected chi connectivity index (χ2v) is 3.41. The van der Waals surface area contributed by atoms with E-state index in [-0.39, 0.29) is 5.56 Å². The average molecular weight is 284 g/mol. The van der Waals surface area contributed by atoms with Crippen molar-refractivity contribution in [3.8, 4) is 5.75 Å². The van der Waals surface area contributed by atoms with Gasteiger partial charge in [0, 0.05) is 4.47 Å². The summed E-state index contributed by atoms with van der Waals surface area (Å²) in [5.41, 5.74) is 4.87. The fraction of sp³-hybridized carbons (Fsp3) is 0.125. The fourth-order valence-corrected chi connectivity index (χ4v) is 1.33. The number of halogens is 4. The maximum atomic E-state index is 11.8. The van der Waals surface area contributed by atoms with Crippen LogP contribution in [-0.2, 0) is 0 Å². The van der Waals surface area contributed by atoms with Gasteiger partial charge in [0.15, 0.2) is 0 Å². The van der Waals surface area contributed by atoms with E-state index in [1.807, 2.05) is 0 Å². The molecule has 0 aliphatic carbocycles. The van der Waals surface area contributed by atoms with E-state index in [1.54, 1.807) is 0 Å². The van der Waals surface area contributed by atoms with Gasteiger partial charge >= 0.3 is 6.36 Å². The highest BCUT2D eigenvalue weighted by molar-refractivity contribution is 9.10. The molecule has 0 aliphatic rings. The molecule has 0 atom stereocenters. The second kappa shape index (κ2) is 4.09. The van der Waals surface area contributed by atoms with Crippen molar-refractivity contribution < 1.29 is 22.7 Å². The topological polar surface area (TPSA) is 52.3 Å². The van der Waals surface area contributed by atoms with Gasteiger partial charge < -0.3 is 10.5 Å². The van der Waals surface area contributed by atoms with Crippen LogP contribution in [-0.4, -0.2) is 12.3 Å². The van der Waals surface area contributed by atoms with E-state index in [0.717, 1.165) is 12.1 Å². The molecule has 0 aromatic heterocycles. The predicted octanol–water partition coefficient (Wildman–Crippen LogP) is 2.45. The summed E-state index contributed by atoms with van der Waals surface area (Å²) in [5, 5.41) is 0. The minimum atomic E-state index is -4.79. The molecular weight excluding hydrogens is 279 g/mol. The monoisotopic (exact) mass is 283 g/mol. The predicted molar refractivity (Wildman–Crippen MR) is 49.3 cm³/mol. The average Bonchev–Trinajstić information content (AvgIpc) is 2.05. The van der Waals surface area contributed by atoms with Gasteiger partial charge in [0.2, 0.25) is 5.91 Å². The van der Waals surface area contributed by atoms with E-state index in [0.29, 0.717) is 4.47 Å². The zero-order chi connectivity index (χ0) is 11.6. The quantitative estimate of drug-likeness (QED) is 0.906. The first-order chi connectivity index (χ1) is 6.79. The molecule has 0 bridgehead atoms. The van der Waals surface area contributed by atoms with Crippen LogP contribution >= 0.6 is 15.9 Å². The van der Waals surface area contributed by atoms with Crippen LogP contribution in [0.15, 0.2) is 22.7 Å². The van der Waals surface area contributed by atoms with Crippen molar-refractivity contribution in [2.75, 3.05) is 0 Å². The Kier molecular flexibility index (Phi) is 3.23. The molecule has 0 saturated carbocycles. The van der Waals surface area contributed by atoms with Gasteiger partial charge in [-0.15, -0.1) is 13.2 Å². The summed E-state index contributed by atoms with van der Waals surface area (Å²) in [5.74, 6) is -1.33. The molecule has 0 spiro atoms. The Morgan fingerprint density at radius 1 is 1.40 bits per heavy atom. The number of alkyl halides is 3. The zero-order valence-corrected chi connectivity index (χ0v) is 8.72. The van der Waals surface area contributed by atoms with Gasteiger partial charge in [0.1, 0.15) is 5.75 Å². The standard InChI is InChI=1S/C8H5BrF3NO2/c9-6-2-1-4(15-8(10,11)12)3-5(6)7(13)14/h1-3H,(H2,13,14).